The van der Waals surface area contributed by atoms with E-state index in [0.717, 1.165) is 15.3 Å². The van der Waals surface area contributed by atoms with Crippen LogP contribution in [0.15, 0.2) is 36.7 Å². The van der Waals surface area contributed by atoms with Gasteiger partial charge in [0.05, 0.1) is 19.0 Å². The molecule has 13 heteroatoms. The van der Waals surface area contributed by atoms with Gasteiger partial charge in [-0.05, 0) is 54.1 Å². The third-order valence-electron chi connectivity index (χ3n) is 6.63. The van der Waals surface area contributed by atoms with Crippen LogP contribution < -0.4 is 14.9 Å². The number of rotatable bonds is 8. The Hall–Kier alpha value is -3.64. The van der Waals surface area contributed by atoms with Gasteiger partial charge < -0.3 is 20.3 Å². The van der Waals surface area contributed by atoms with Gasteiger partial charge in [0.25, 0.3) is 0 Å². The molecule has 2 aromatic heterocycles. The summed E-state index contributed by atoms with van der Waals surface area (Å²) >= 11 is 6.52. The standard InChI is InChI=1S/C25H29ClN6O5S/c1-14-9-17(13-29-23(14)30(2)3)32(38(35)36)20-6-8-31(24(20)33)21(25(34)37-4)11-16-10-15-5-7-28-22(27)18(15)12-19(16)26/h5,7,9-10,12-13,20-21,38H,6,8,11H2,1-4H3,(H2,27,28)/t20-,21+/m0/s1. The van der Waals surface area contributed by atoms with Gasteiger partial charge >= 0.3 is 5.97 Å². The second-order valence-electron chi connectivity index (χ2n) is 9.25. The average molecular weight is 561 g/mol. The van der Waals surface area contributed by atoms with Gasteiger partial charge in [-0.3, -0.25) is 9.10 Å². The SMILES string of the molecule is COC(=O)[C@@H](Cc1cc2ccnc(N)c2cc1Cl)N1CC[C@H](N(c2cnc(N(C)C)c(C)c2)[SH](=O)=O)C1=O. The predicted molar refractivity (Wildman–Crippen MR) is 147 cm³/mol. The normalized spacial score (nSPS) is 16.2. The van der Waals surface area contributed by atoms with Gasteiger partial charge in [0.1, 0.15) is 23.7 Å². The van der Waals surface area contributed by atoms with Crippen LogP contribution in [0.5, 0.6) is 0 Å². The van der Waals surface area contributed by atoms with E-state index >= 15 is 0 Å². The Bertz CT molecular complexity index is 1470. The molecule has 1 aliphatic heterocycles. The van der Waals surface area contributed by atoms with E-state index in [0.29, 0.717) is 27.6 Å². The number of carbonyl (C=O) groups is 2. The zero-order chi connectivity index (χ0) is 27.7. The summed E-state index contributed by atoms with van der Waals surface area (Å²) in [5.41, 5.74) is 7.60. The van der Waals surface area contributed by atoms with Gasteiger partial charge in [-0.15, -0.1) is 0 Å². The topological polar surface area (TPSA) is 139 Å². The van der Waals surface area contributed by atoms with Crippen molar-refractivity contribution in [3.8, 4) is 0 Å². The van der Waals surface area contributed by atoms with Crippen LogP contribution in [0.4, 0.5) is 17.3 Å². The number of pyridine rings is 2. The Morgan fingerprint density at radius 1 is 1.29 bits per heavy atom. The molecular formula is C25H29ClN6O5S. The van der Waals surface area contributed by atoms with E-state index < -0.39 is 34.9 Å². The van der Waals surface area contributed by atoms with E-state index in [2.05, 4.69) is 9.97 Å². The Morgan fingerprint density at radius 3 is 2.66 bits per heavy atom. The largest absolute Gasteiger partial charge is 0.467 e. The third-order valence-corrected chi connectivity index (χ3v) is 7.85. The van der Waals surface area contributed by atoms with Gasteiger partial charge in [-0.2, -0.15) is 0 Å². The number of ether oxygens (including phenoxy) is 1. The lowest BCUT2D eigenvalue weighted by Gasteiger charge is -2.28. The van der Waals surface area contributed by atoms with Crippen LogP contribution >= 0.6 is 11.6 Å². The highest BCUT2D eigenvalue weighted by Gasteiger charge is 2.43. The fraction of sp³-hybridized carbons (Fsp3) is 0.360. The Labute approximate surface area is 227 Å². The Kier molecular flexibility index (Phi) is 7.93. The van der Waals surface area contributed by atoms with Crippen LogP contribution in [-0.2, 0) is 31.6 Å². The first-order valence-electron chi connectivity index (χ1n) is 11.8. The van der Waals surface area contributed by atoms with Crippen LogP contribution in [0, 0.1) is 6.92 Å². The lowest BCUT2D eigenvalue weighted by molar-refractivity contribution is -0.151. The number of hydrogen-bond acceptors (Lipinski definition) is 9. The Morgan fingerprint density at radius 2 is 2.03 bits per heavy atom. The maximum Gasteiger partial charge on any atom is 0.328 e. The molecule has 3 heterocycles. The van der Waals surface area contributed by atoms with E-state index in [4.69, 9.17) is 22.1 Å². The number of aryl methyl sites for hydroxylation is 1. The number of benzene rings is 1. The number of hydrogen-bond donors (Lipinski definition) is 2. The van der Waals surface area contributed by atoms with Gasteiger partial charge in [-0.1, -0.05) is 11.6 Å². The highest BCUT2D eigenvalue weighted by molar-refractivity contribution is 7.74. The number of fused-ring (bicyclic) bond motifs is 1. The molecule has 0 saturated carbocycles. The van der Waals surface area contributed by atoms with Crippen molar-refractivity contribution in [3.63, 3.8) is 0 Å². The maximum atomic E-state index is 13.6. The molecule has 0 unspecified atom stereocenters. The molecule has 0 radical (unpaired) electrons. The minimum atomic E-state index is -3.17. The van der Waals surface area contributed by atoms with Crippen LogP contribution in [0.25, 0.3) is 10.8 Å². The molecule has 2 N–H and O–H groups in total. The minimum Gasteiger partial charge on any atom is -0.467 e. The number of thiol groups is 1. The number of nitrogens with zero attached hydrogens (tertiary/aromatic N) is 5. The molecule has 1 saturated heterocycles. The van der Waals surface area contributed by atoms with Crippen molar-refractivity contribution in [2.75, 3.05) is 42.7 Å². The summed E-state index contributed by atoms with van der Waals surface area (Å²) in [6, 6.07) is 4.90. The summed E-state index contributed by atoms with van der Waals surface area (Å²) in [7, 11) is 1.73. The molecule has 2 atom stereocenters. The molecule has 202 valence electrons. The number of aromatic nitrogens is 2. The number of anilines is 3. The van der Waals surface area contributed by atoms with Crippen molar-refractivity contribution in [3.05, 3.63) is 52.8 Å². The smallest absolute Gasteiger partial charge is 0.328 e. The Balaban J connectivity index is 1.65. The summed E-state index contributed by atoms with van der Waals surface area (Å²) < 4.78 is 30.8. The number of carbonyl (C=O) groups excluding carboxylic acids is 2. The second-order valence-corrected chi connectivity index (χ2v) is 10.6. The monoisotopic (exact) mass is 560 g/mol. The van der Waals surface area contributed by atoms with Crippen molar-refractivity contribution in [2.45, 2.75) is 31.8 Å². The number of methoxy groups -OCH3 is 1. The van der Waals surface area contributed by atoms with Gasteiger partial charge in [0.15, 0.2) is 0 Å². The van der Waals surface area contributed by atoms with Crippen molar-refractivity contribution < 1.29 is 22.7 Å². The zero-order valence-electron chi connectivity index (χ0n) is 21.4. The first kappa shape index (κ1) is 27.4. The summed E-state index contributed by atoms with van der Waals surface area (Å²) in [5, 5.41) is 1.82. The summed E-state index contributed by atoms with van der Waals surface area (Å²) in [5.74, 6) is -0.118. The molecule has 4 rings (SSSR count). The van der Waals surface area contributed by atoms with E-state index in [9.17, 15) is 18.0 Å². The van der Waals surface area contributed by atoms with Crippen LogP contribution in [-0.4, -0.2) is 75.0 Å². The molecule has 0 spiro atoms. The highest BCUT2D eigenvalue weighted by atomic mass is 35.5. The second kappa shape index (κ2) is 11.0. The van der Waals surface area contributed by atoms with Crippen molar-refractivity contribution in [2.24, 2.45) is 0 Å². The van der Waals surface area contributed by atoms with Gasteiger partial charge in [0, 0.05) is 43.7 Å². The lowest BCUT2D eigenvalue weighted by atomic mass is 10.0. The minimum absolute atomic E-state index is 0.0733. The molecule has 11 nitrogen and oxygen atoms in total. The summed E-state index contributed by atoms with van der Waals surface area (Å²) in [6.45, 7) is 1.97. The fourth-order valence-electron chi connectivity index (χ4n) is 4.84. The lowest BCUT2D eigenvalue weighted by Crippen LogP contribution is -2.48. The number of halogens is 1. The van der Waals surface area contributed by atoms with Crippen molar-refractivity contribution in [1.82, 2.24) is 14.9 Å². The van der Waals surface area contributed by atoms with Crippen molar-refractivity contribution >= 4 is 62.5 Å². The number of esters is 1. The molecule has 1 aliphatic rings. The average Bonchev–Trinajstić information content (AvgIpc) is 3.23. The first-order valence-corrected chi connectivity index (χ1v) is 13.3. The van der Waals surface area contributed by atoms with E-state index in [1.807, 2.05) is 25.9 Å². The summed E-state index contributed by atoms with van der Waals surface area (Å²) in [4.78, 5) is 38.1. The molecule has 1 aromatic carbocycles. The molecule has 0 bridgehead atoms. The molecule has 0 aliphatic carbocycles. The first-order chi connectivity index (χ1) is 18.0. The molecule has 1 fully saturated rings. The number of likely N-dealkylation sites (tertiary alicyclic amines) is 1. The number of nitrogen functional groups attached to an aromatic ring is 1. The van der Waals surface area contributed by atoms with Gasteiger partial charge in [-0.25, -0.2) is 23.2 Å². The highest BCUT2D eigenvalue weighted by Crippen LogP contribution is 2.31. The fourth-order valence-corrected chi connectivity index (χ4v) is 5.82. The van der Waals surface area contributed by atoms with Crippen LogP contribution in [0.2, 0.25) is 5.02 Å². The van der Waals surface area contributed by atoms with Crippen molar-refractivity contribution in [1.29, 1.82) is 0 Å². The van der Waals surface area contributed by atoms with Crippen LogP contribution in [0.1, 0.15) is 17.5 Å². The molecule has 3 aromatic rings. The molecule has 1 amide bonds. The maximum absolute atomic E-state index is 13.6. The third kappa shape index (κ3) is 5.18. The quantitative estimate of drug-likeness (QED) is 0.312. The molecular weight excluding hydrogens is 532 g/mol. The summed E-state index contributed by atoms with van der Waals surface area (Å²) in [6.07, 6.45) is 3.26. The van der Waals surface area contributed by atoms with Crippen LogP contribution in [0.3, 0.4) is 0 Å². The molecule has 38 heavy (non-hydrogen) atoms. The number of amides is 1. The van der Waals surface area contributed by atoms with Gasteiger partial charge in [0.2, 0.25) is 16.8 Å². The van der Waals surface area contributed by atoms with E-state index in [1.165, 1.54) is 18.2 Å². The predicted octanol–water partition coefficient (Wildman–Crippen LogP) is 1.96. The number of nitrogens with two attached hydrogens (primary N) is 1. The van der Waals surface area contributed by atoms with E-state index in [1.54, 1.807) is 30.5 Å². The van der Waals surface area contributed by atoms with E-state index in [-0.39, 0.29) is 25.1 Å². The zero-order valence-corrected chi connectivity index (χ0v) is 23.1.